The van der Waals surface area contributed by atoms with Gasteiger partial charge in [-0.25, -0.2) is 0 Å². The highest BCUT2D eigenvalue weighted by Crippen LogP contribution is 2.20. The zero-order valence-electron chi connectivity index (χ0n) is 9.18. The Balaban J connectivity index is 2.49. The summed E-state index contributed by atoms with van der Waals surface area (Å²) in [6.07, 6.45) is 4.19. The van der Waals surface area contributed by atoms with Gasteiger partial charge in [0.15, 0.2) is 0 Å². The van der Waals surface area contributed by atoms with Crippen molar-refractivity contribution >= 4 is 8.07 Å². The summed E-state index contributed by atoms with van der Waals surface area (Å²) in [4.78, 5) is 2.65. The van der Waals surface area contributed by atoms with Gasteiger partial charge in [0.1, 0.15) is 0 Å². The number of nitrogens with zero attached hydrogens (tertiary/aromatic N) is 1. The first-order valence-corrected chi connectivity index (χ1v) is 8.32. The third-order valence-corrected chi connectivity index (χ3v) is 8.34. The van der Waals surface area contributed by atoms with Crippen molar-refractivity contribution in [3.8, 4) is 0 Å². The summed E-state index contributed by atoms with van der Waals surface area (Å²) < 4.78 is 0. The molecular weight excluding hydrogens is 174 g/mol. The Bertz CT molecular complexity index is 157. The molecule has 0 amide bonds. The lowest BCUT2D eigenvalue weighted by atomic mass is 10.4. The molecule has 0 N–H and O–H groups in total. The molecule has 1 nitrogen and oxygen atoms in total. The molecule has 0 aromatic heterocycles. The van der Waals surface area contributed by atoms with Crippen LogP contribution in [0.1, 0.15) is 26.7 Å². The van der Waals surface area contributed by atoms with Crippen LogP contribution in [0.4, 0.5) is 0 Å². The average molecular weight is 197 g/mol. The molecule has 0 saturated carbocycles. The summed E-state index contributed by atoms with van der Waals surface area (Å²) >= 11 is 0. The highest BCUT2D eigenvalue weighted by Gasteiger charge is 2.28. The van der Waals surface area contributed by atoms with Crippen LogP contribution in [0, 0.1) is 0 Å². The lowest BCUT2D eigenvalue weighted by Gasteiger charge is -2.30. The number of hydrogen-bond acceptors (Lipinski definition) is 1. The van der Waals surface area contributed by atoms with Gasteiger partial charge in [0.05, 0.1) is 8.07 Å². The minimum atomic E-state index is -1.09. The monoisotopic (exact) mass is 197 g/mol. The van der Waals surface area contributed by atoms with E-state index in [0.29, 0.717) is 0 Å². The van der Waals surface area contributed by atoms with Gasteiger partial charge in [0, 0.05) is 0 Å². The Hall–Kier alpha value is -0.0831. The third kappa shape index (κ3) is 2.68. The second kappa shape index (κ2) is 4.96. The van der Waals surface area contributed by atoms with E-state index in [4.69, 9.17) is 0 Å². The predicted octanol–water partition coefficient (Wildman–Crippen LogP) is 2.84. The van der Waals surface area contributed by atoms with Crippen LogP contribution in [-0.4, -0.2) is 32.2 Å². The van der Waals surface area contributed by atoms with Crippen LogP contribution in [0.3, 0.4) is 0 Å². The number of hydrogen-bond donors (Lipinski definition) is 0. The van der Waals surface area contributed by atoms with Crippen LogP contribution in [0.15, 0.2) is 12.3 Å². The van der Waals surface area contributed by atoms with E-state index in [1.54, 1.807) is 0 Å². The second-order valence-electron chi connectivity index (χ2n) is 4.26. The molecule has 1 rings (SSSR count). The van der Waals surface area contributed by atoms with Crippen LogP contribution in [0.5, 0.6) is 0 Å². The zero-order chi connectivity index (χ0) is 9.73. The van der Waals surface area contributed by atoms with Gasteiger partial charge in [-0.05, 0) is 32.1 Å². The summed E-state index contributed by atoms with van der Waals surface area (Å²) in [5.74, 6) is 0. The molecule has 1 saturated heterocycles. The highest BCUT2D eigenvalue weighted by atomic mass is 28.3. The first kappa shape index (κ1) is 11.0. The highest BCUT2D eigenvalue weighted by molar-refractivity contribution is 6.84. The molecule has 2 heteroatoms. The minimum absolute atomic E-state index is 1.09. The fraction of sp³-hybridized carbons (Fsp3) is 0.818. The predicted molar refractivity (Wildman–Crippen MR) is 62.6 cm³/mol. The Labute approximate surface area is 83.8 Å². The van der Waals surface area contributed by atoms with Crippen molar-refractivity contribution in [2.45, 2.75) is 38.8 Å². The van der Waals surface area contributed by atoms with Crippen LogP contribution < -0.4 is 0 Å². The summed E-state index contributed by atoms with van der Waals surface area (Å²) in [6.45, 7) is 11.4. The van der Waals surface area contributed by atoms with Gasteiger partial charge in [0.25, 0.3) is 0 Å². The van der Waals surface area contributed by atoms with E-state index < -0.39 is 8.07 Å². The Morgan fingerprint density at radius 3 is 2.15 bits per heavy atom. The van der Waals surface area contributed by atoms with E-state index in [-0.39, 0.29) is 0 Å². The normalized spacial score (nSPS) is 19.2. The van der Waals surface area contributed by atoms with Gasteiger partial charge in [-0.3, -0.25) is 0 Å². The Morgan fingerprint density at radius 2 is 1.77 bits per heavy atom. The molecule has 0 unspecified atom stereocenters. The van der Waals surface area contributed by atoms with Gasteiger partial charge < -0.3 is 4.90 Å². The molecule has 0 spiro atoms. The lowest BCUT2D eigenvalue weighted by molar-refractivity contribution is 0.388. The van der Waals surface area contributed by atoms with Gasteiger partial charge in [-0.15, -0.1) is 12.3 Å². The quantitative estimate of drug-likeness (QED) is 0.613. The molecule has 1 heterocycles. The molecule has 1 aliphatic heterocycles. The maximum atomic E-state index is 4.05. The summed E-state index contributed by atoms with van der Waals surface area (Å²) in [5.41, 5.74) is 2.31. The second-order valence-corrected chi connectivity index (χ2v) is 9.12. The Kier molecular flexibility index (Phi) is 4.20. The Morgan fingerprint density at radius 1 is 1.23 bits per heavy atom. The maximum absolute atomic E-state index is 4.05. The number of rotatable bonds is 5. The van der Waals surface area contributed by atoms with Gasteiger partial charge in [-0.1, -0.05) is 25.9 Å². The molecule has 76 valence electrons. The standard InChI is InChI=1S/C11H23NSi/c1-4-13(5-2,6-3)11-12-9-7-8-10-12/h4H,1,5-11H2,2-3H3. The molecule has 1 fully saturated rings. The third-order valence-electron chi connectivity index (χ3n) is 3.58. The van der Waals surface area contributed by atoms with Crippen molar-refractivity contribution in [2.24, 2.45) is 0 Å². The molecule has 0 atom stereocenters. The molecule has 0 aromatic carbocycles. The largest absolute Gasteiger partial charge is 0.306 e. The molecule has 0 aromatic rings. The van der Waals surface area contributed by atoms with Crippen LogP contribution in [0.25, 0.3) is 0 Å². The zero-order valence-corrected chi connectivity index (χ0v) is 10.2. The van der Waals surface area contributed by atoms with E-state index in [0.717, 1.165) is 0 Å². The first-order chi connectivity index (χ1) is 6.26. The lowest BCUT2D eigenvalue weighted by Crippen LogP contribution is -2.44. The van der Waals surface area contributed by atoms with Crippen molar-refractivity contribution in [1.29, 1.82) is 0 Å². The first-order valence-electron chi connectivity index (χ1n) is 5.62. The SMILES string of the molecule is C=C[Si](CC)(CC)CN1CCCC1. The van der Waals surface area contributed by atoms with Gasteiger partial charge in [0.2, 0.25) is 0 Å². The fourth-order valence-corrected chi connectivity index (χ4v) is 5.07. The molecule has 0 bridgehead atoms. The fourth-order valence-electron chi connectivity index (χ4n) is 2.21. The molecule has 13 heavy (non-hydrogen) atoms. The van der Waals surface area contributed by atoms with E-state index in [1.165, 1.54) is 44.2 Å². The van der Waals surface area contributed by atoms with Crippen LogP contribution in [-0.2, 0) is 0 Å². The van der Waals surface area contributed by atoms with E-state index >= 15 is 0 Å². The van der Waals surface area contributed by atoms with E-state index in [1.807, 2.05) is 0 Å². The van der Waals surface area contributed by atoms with E-state index in [9.17, 15) is 0 Å². The van der Waals surface area contributed by atoms with Crippen LogP contribution in [0.2, 0.25) is 12.1 Å². The smallest absolute Gasteiger partial charge is 0.0910 e. The molecule has 0 radical (unpaired) electrons. The summed E-state index contributed by atoms with van der Waals surface area (Å²) in [6, 6.07) is 2.73. The topological polar surface area (TPSA) is 3.24 Å². The molecule has 0 aliphatic carbocycles. The van der Waals surface area contributed by atoms with Crippen molar-refractivity contribution in [1.82, 2.24) is 4.90 Å². The summed E-state index contributed by atoms with van der Waals surface area (Å²) in [7, 11) is -1.09. The minimum Gasteiger partial charge on any atom is -0.306 e. The van der Waals surface area contributed by atoms with Crippen molar-refractivity contribution in [3.63, 3.8) is 0 Å². The van der Waals surface area contributed by atoms with Crippen molar-refractivity contribution in [3.05, 3.63) is 12.3 Å². The summed E-state index contributed by atoms with van der Waals surface area (Å²) in [5, 5.41) is 0. The average Bonchev–Trinajstić information content (AvgIpc) is 2.67. The van der Waals surface area contributed by atoms with Crippen molar-refractivity contribution in [2.75, 3.05) is 19.3 Å². The van der Waals surface area contributed by atoms with E-state index in [2.05, 4.69) is 31.0 Å². The molecule has 1 aliphatic rings. The van der Waals surface area contributed by atoms with Gasteiger partial charge >= 0.3 is 0 Å². The van der Waals surface area contributed by atoms with Gasteiger partial charge in [-0.2, -0.15) is 0 Å². The molecular formula is C11H23NSi. The maximum Gasteiger partial charge on any atom is 0.0910 e. The number of likely N-dealkylation sites (tertiary alicyclic amines) is 1. The van der Waals surface area contributed by atoms with Crippen molar-refractivity contribution < 1.29 is 0 Å². The van der Waals surface area contributed by atoms with Crippen LogP contribution >= 0.6 is 0 Å².